The van der Waals surface area contributed by atoms with Crippen LogP contribution in [0.5, 0.6) is 0 Å². The summed E-state index contributed by atoms with van der Waals surface area (Å²) in [5, 5.41) is 0. The standard InChI is InChI=1S/C9H14N3O/c1-8-10-5-7-12(8)6-4-9(13)11(2)3/h7H,4,6H2,1-3H3. The molecule has 0 aliphatic heterocycles. The third-order valence-corrected chi connectivity index (χ3v) is 1.92. The molecule has 13 heavy (non-hydrogen) atoms. The Labute approximate surface area is 78.2 Å². The number of nitrogens with zero attached hydrogens (tertiary/aromatic N) is 3. The third-order valence-electron chi connectivity index (χ3n) is 1.92. The molecule has 71 valence electrons. The smallest absolute Gasteiger partial charge is 0.223 e. The summed E-state index contributed by atoms with van der Waals surface area (Å²) in [7, 11) is 3.52. The van der Waals surface area contributed by atoms with E-state index in [9.17, 15) is 4.79 Å². The summed E-state index contributed by atoms with van der Waals surface area (Å²) in [4.78, 5) is 16.8. The fourth-order valence-corrected chi connectivity index (χ4v) is 1.02. The van der Waals surface area contributed by atoms with E-state index in [1.54, 1.807) is 25.2 Å². The van der Waals surface area contributed by atoms with Crippen LogP contribution in [0.2, 0.25) is 0 Å². The zero-order valence-corrected chi connectivity index (χ0v) is 8.24. The number of amides is 1. The molecule has 4 nitrogen and oxygen atoms in total. The molecule has 0 unspecified atom stereocenters. The molecule has 0 spiro atoms. The lowest BCUT2D eigenvalue weighted by Gasteiger charge is -2.10. The quantitative estimate of drug-likeness (QED) is 0.678. The second-order valence-corrected chi connectivity index (χ2v) is 3.15. The molecular formula is C9H14N3O. The van der Waals surface area contributed by atoms with Gasteiger partial charge in [0.2, 0.25) is 5.91 Å². The van der Waals surface area contributed by atoms with Gasteiger partial charge < -0.3 is 9.47 Å². The number of hydrogen-bond donors (Lipinski definition) is 0. The van der Waals surface area contributed by atoms with Crippen LogP contribution in [0, 0.1) is 13.1 Å². The Morgan fingerprint density at radius 2 is 2.38 bits per heavy atom. The van der Waals surface area contributed by atoms with Gasteiger partial charge in [-0.25, -0.2) is 4.98 Å². The molecule has 0 aromatic carbocycles. The summed E-state index contributed by atoms with van der Waals surface area (Å²) >= 11 is 0. The molecule has 1 radical (unpaired) electrons. The summed E-state index contributed by atoms with van der Waals surface area (Å²) in [6, 6.07) is 0. The van der Waals surface area contributed by atoms with Gasteiger partial charge in [0, 0.05) is 33.3 Å². The minimum absolute atomic E-state index is 0.133. The first kappa shape index (κ1) is 9.77. The SMILES string of the molecule is Cc1n[c]cn1CCC(=O)N(C)C. The van der Waals surface area contributed by atoms with Gasteiger partial charge in [-0.3, -0.25) is 4.79 Å². The lowest BCUT2D eigenvalue weighted by atomic mass is 10.4. The molecule has 0 saturated heterocycles. The first-order valence-electron chi connectivity index (χ1n) is 4.21. The van der Waals surface area contributed by atoms with Crippen molar-refractivity contribution in [3.05, 3.63) is 18.2 Å². The number of hydrogen-bond acceptors (Lipinski definition) is 2. The van der Waals surface area contributed by atoms with Gasteiger partial charge in [-0.2, -0.15) is 0 Å². The van der Waals surface area contributed by atoms with Gasteiger partial charge in [0.15, 0.2) is 0 Å². The van der Waals surface area contributed by atoms with Crippen LogP contribution in [0.4, 0.5) is 0 Å². The van der Waals surface area contributed by atoms with E-state index in [-0.39, 0.29) is 5.91 Å². The summed E-state index contributed by atoms with van der Waals surface area (Å²) in [6.07, 6.45) is 5.01. The Hall–Kier alpha value is -1.32. The molecule has 1 heterocycles. The maximum atomic E-state index is 11.2. The first-order chi connectivity index (χ1) is 6.11. The van der Waals surface area contributed by atoms with E-state index >= 15 is 0 Å². The average Bonchev–Trinajstić information content (AvgIpc) is 2.47. The molecule has 0 saturated carbocycles. The first-order valence-corrected chi connectivity index (χ1v) is 4.21. The highest BCUT2D eigenvalue weighted by Gasteiger charge is 2.04. The molecule has 0 aliphatic carbocycles. The van der Waals surface area contributed by atoms with Crippen molar-refractivity contribution in [1.29, 1.82) is 0 Å². The number of carbonyl (C=O) groups is 1. The molecule has 0 atom stereocenters. The van der Waals surface area contributed by atoms with Gasteiger partial charge in [0.05, 0.1) is 0 Å². The maximum absolute atomic E-state index is 11.2. The number of imidazole rings is 1. The highest BCUT2D eigenvalue weighted by atomic mass is 16.2. The van der Waals surface area contributed by atoms with Crippen LogP contribution in [-0.2, 0) is 11.3 Å². The van der Waals surface area contributed by atoms with Gasteiger partial charge in [0.25, 0.3) is 0 Å². The van der Waals surface area contributed by atoms with Crippen molar-refractivity contribution < 1.29 is 4.79 Å². The van der Waals surface area contributed by atoms with E-state index < -0.39 is 0 Å². The zero-order valence-electron chi connectivity index (χ0n) is 8.24. The van der Waals surface area contributed by atoms with Crippen LogP contribution in [-0.4, -0.2) is 34.5 Å². The van der Waals surface area contributed by atoms with Gasteiger partial charge in [-0.15, -0.1) is 0 Å². The van der Waals surface area contributed by atoms with E-state index in [1.807, 2.05) is 11.5 Å². The van der Waals surface area contributed by atoms with Crippen molar-refractivity contribution in [2.24, 2.45) is 0 Å². The van der Waals surface area contributed by atoms with Gasteiger partial charge in [-0.1, -0.05) is 0 Å². The number of aryl methyl sites for hydroxylation is 2. The Morgan fingerprint density at radius 3 is 2.85 bits per heavy atom. The van der Waals surface area contributed by atoms with Crippen LogP contribution in [0.3, 0.4) is 0 Å². The minimum Gasteiger partial charge on any atom is -0.349 e. The van der Waals surface area contributed by atoms with Crippen LogP contribution >= 0.6 is 0 Å². The van der Waals surface area contributed by atoms with Gasteiger partial charge in [-0.05, 0) is 6.92 Å². The second-order valence-electron chi connectivity index (χ2n) is 3.15. The van der Waals surface area contributed by atoms with Gasteiger partial charge >= 0.3 is 0 Å². The molecule has 0 aliphatic rings. The molecule has 1 aromatic heterocycles. The fourth-order valence-electron chi connectivity index (χ4n) is 1.02. The highest BCUT2D eigenvalue weighted by molar-refractivity contribution is 5.75. The topological polar surface area (TPSA) is 38.1 Å². The summed E-state index contributed by atoms with van der Waals surface area (Å²) in [5.41, 5.74) is 0. The Bertz CT molecular complexity index is 291. The average molecular weight is 180 g/mol. The minimum atomic E-state index is 0.133. The summed E-state index contributed by atoms with van der Waals surface area (Å²) in [5.74, 6) is 1.03. The molecule has 1 rings (SSSR count). The van der Waals surface area contributed by atoms with Crippen LogP contribution in [0.15, 0.2) is 6.20 Å². The third kappa shape index (κ3) is 2.57. The van der Waals surface area contributed by atoms with Crippen molar-refractivity contribution in [2.75, 3.05) is 14.1 Å². The predicted octanol–water partition coefficient (Wildman–Crippen LogP) is 0.470. The van der Waals surface area contributed by atoms with E-state index in [1.165, 1.54) is 0 Å². The van der Waals surface area contributed by atoms with E-state index in [4.69, 9.17) is 0 Å². The number of rotatable bonds is 3. The summed E-state index contributed by atoms with van der Waals surface area (Å²) < 4.78 is 1.92. The van der Waals surface area contributed by atoms with E-state index in [0.29, 0.717) is 13.0 Å². The maximum Gasteiger partial charge on any atom is 0.223 e. The summed E-state index contributed by atoms with van der Waals surface area (Å²) in [6.45, 7) is 2.58. The molecule has 1 amide bonds. The molecule has 0 bridgehead atoms. The van der Waals surface area contributed by atoms with Crippen molar-refractivity contribution in [2.45, 2.75) is 19.9 Å². The number of aromatic nitrogens is 2. The second kappa shape index (κ2) is 4.07. The monoisotopic (exact) mass is 180 g/mol. The van der Waals surface area contributed by atoms with E-state index in [2.05, 4.69) is 11.2 Å². The van der Waals surface area contributed by atoms with Crippen LogP contribution in [0.25, 0.3) is 0 Å². The zero-order chi connectivity index (χ0) is 9.84. The predicted molar refractivity (Wildman–Crippen MR) is 49.1 cm³/mol. The van der Waals surface area contributed by atoms with E-state index in [0.717, 1.165) is 5.82 Å². The molecule has 0 fully saturated rings. The van der Waals surface area contributed by atoms with Crippen molar-refractivity contribution in [3.8, 4) is 0 Å². The fraction of sp³-hybridized carbons (Fsp3) is 0.556. The molecule has 0 N–H and O–H groups in total. The van der Waals surface area contributed by atoms with Crippen molar-refractivity contribution in [1.82, 2.24) is 14.5 Å². The van der Waals surface area contributed by atoms with Crippen molar-refractivity contribution >= 4 is 5.91 Å². The van der Waals surface area contributed by atoms with Crippen LogP contribution in [0.1, 0.15) is 12.2 Å². The Balaban J connectivity index is 2.44. The number of carbonyl (C=O) groups excluding carboxylic acids is 1. The lowest BCUT2D eigenvalue weighted by Crippen LogP contribution is -2.22. The Kier molecular flexibility index (Phi) is 3.06. The molecule has 4 heteroatoms. The van der Waals surface area contributed by atoms with Gasteiger partial charge in [0.1, 0.15) is 12.0 Å². The van der Waals surface area contributed by atoms with Crippen LogP contribution < -0.4 is 0 Å². The highest BCUT2D eigenvalue weighted by Crippen LogP contribution is 1.98. The Morgan fingerprint density at radius 1 is 1.69 bits per heavy atom. The molecular weight excluding hydrogens is 166 g/mol. The lowest BCUT2D eigenvalue weighted by molar-refractivity contribution is -0.128. The normalized spacial score (nSPS) is 10.1. The largest absolute Gasteiger partial charge is 0.349 e. The van der Waals surface area contributed by atoms with Crippen molar-refractivity contribution in [3.63, 3.8) is 0 Å². The molecule has 1 aromatic rings.